The summed E-state index contributed by atoms with van der Waals surface area (Å²) in [4.78, 5) is 10.9. The first-order chi connectivity index (χ1) is 9.27. The van der Waals surface area contributed by atoms with E-state index in [-0.39, 0.29) is 22.8 Å². The molecule has 0 aromatic heterocycles. The highest BCUT2D eigenvalue weighted by Crippen LogP contribution is 2.17. The maximum atomic E-state index is 12.0. The maximum Gasteiger partial charge on any atom is 0.336 e. The van der Waals surface area contributed by atoms with Crippen LogP contribution >= 0.6 is 22.6 Å². The van der Waals surface area contributed by atoms with Crippen LogP contribution in [0.2, 0.25) is 0 Å². The lowest BCUT2D eigenvalue weighted by Crippen LogP contribution is -2.28. The van der Waals surface area contributed by atoms with E-state index in [0.29, 0.717) is 9.32 Å². The Morgan fingerprint density at radius 1 is 1.45 bits per heavy atom. The zero-order valence-electron chi connectivity index (χ0n) is 10.6. The fourth-order valence-electron chi connectivity index (χ4n) is 1.35. The van der Waals surface area contributed by atoms with Gasteiger partial charge in [0.2, 0.25) is 10.0 Å². The standard InChI is InChI=1S/C11H14INO5S2/c1-2-19(16)6-5-13-20(17,18)8-3-4-10(12)9(7-8)11(14)15/h3-4,7,13H,2,5-6H2,1H3,(H,14,15). The Bertz CT molecular complexity index is 630. The number of sulfonamides is 1. The third kappa shape index (κ3) is 4.79. The van der Waals surface area contributed by atoms with Gasteiger partial charge in [-0.15, -0.1) is 0 Å². The lowest BCUT2D eigenvalue weighted by Gasteiger charge is -2.08. The highest BCUT2D eigenvalue weighted by molar-refractivity contribution is 14.1. The molecular formula is C11H14INO5S2. The minimum absolute atomic E-state index is 0.0528. The summed E-state index contributed by atoms with van der Waals surface area (Å²) in [7, 11) is -4.84. The van der Waals surface area contributed by atoms with Crippen molar-refractivity contribution in [1.82, 2.24) is 4.72 Å². The smallest absolute Gasteiger partial charge is 0.336 e. The van der Waals surface area contributed by atoms with E-state index in [1.54, 1.807) is 6.92 Å². The number of benzene rings is 1. The molecule has 1 unspecified atom stereocenters. The molecule has 2 N–H and O–H groups in total. The zero-order valence-corrected chi connectivity index (χ0v) is 14.4. The number of carboxylic acid groups (broad SMARTS) is 1. The molecule has 9 heteroatoms. The van der Waals surface area contributed by atoms with Crippen molar-refractivity contribution in [2.24, 2.45) is 0 Å². The molecule has 1 rings (SSSR count). The van der Waals surface area contributed by atoms with Crippen molar-refractivity contribution < 1.29 is 22.5 Å². The van der Waals surface area contributed by atoms with Gasteiger partial charge in [-0.2, -0.15) is 0 Å². The summed E-state index contributed by atoms with van der Waals surface area (Å²) < 4.78 is 38.0. The van der Waals surface area contributed by atoms with Crippen molar-refractivity contribution in [3.63, 3.8) is 0 Å². The summed E-state index contributed by atoms with van der Waals surface area (Å²) in [6.45, 7) is 1.81. The van der Waals surface area contributed by atoms with E-state index in [4.69, 9.17) is 5.11 Å². The van der Waals surface area contributed by atoms with Crippen LogP contribution in [0.25, 0.3) is 0 Å². The lowest BCUT2D eigenvalue weighted by atomic mass is 10.2. The zero-order chi connectivity index (χ0) is 15.3. The number of halogens is 1. The van der Waals surface area contributed by atoms with Gasteiger partial charge in [0.25, 0.3) is 0 Å². The van der Waals surface area contributed by atoms with Crippen molar-refractivity contribution in [2.45, 2.75) is 11.8 Å². The predicted molar refractivity (Wildman–Crippen MR) is 84.9 cm³/mol. The number of rotatable bonds is 7. The quantitative estimate of drug-likeness (QED) is 0.629. The van der Waals surface area contributed by atoms with E-state index < -0.39 is 26.8 Å². The van der Waals surface area contributed by atoms with Gasteiger partial charge < -0.3 is 5.11 Å². The van der Waals surface area contributed by atoms with E-state index in [0.717, 1.165) is 6.07 Å². The van der Waals surface area contributed by atoms with Crippen LogP contribution in [0, 0.1) is 3.57 Å². The van der Waals surface area contributed by atoms with Crippen molar-refractivity contribution in [3.8, 4) is 0 Å². The van der Waals surface area contributed by atoms with E-state index in [2.05, 4.69) is 4.72 Å². The molecule has 6 nitrogen and oxygen atoms in total. The van der Waals surface area contributed by atoms with Crippen LogP contribution in [-0.4, -0.2) is 41.8 Å². The number of carbonyl (C=O) groups is 1. The van der Waals surface area contributed by atoms with Crippen molar-refractivity contribution in [3.05, 3.63) is 27.3 Å². The molecule has 0 aliphatic heterocycles. The van der Waals surface area contributed by atoms with Gasteiger partial charge in [-0.05, 0) is 40.8 Å². The largest absolute Gasteiger partial charge is 0.478 e. The Kier molecular flexibility index (Phi) is 6.55. The van der Waals surface area contributed by atoms with Crippen LogP contribution in [0.4, 0.5) is 0 Å². The molecule has 0 saturated carbocycles. The minimum atomic E-state index is -3.79. The SMILES string of the molecule is CCS(=O)CCNS(=O)(=O)c1ccc(I)c(C(=O)O)c1. The number of aromatic carboxylic acids is 1. The summed E-state index contributed by atoms with van der Waals surface area (Å²) in [6, 6.07) is 3.89. The van der Waals surface area contributed by atoms with Crippen LogP contribution in [0.1, 0.15) is 17.3 Å². The van der Waals surface area contributed by atoms with Crippen molar-refractivity contribution >= 4 is 49.4 Å². The molecule has 1 aromatic rings. The minimum Gasteiger partial charge on any atom is -0.478 e. The first-order valence-corrected chi connectivity index (χ1v) is 9.70. The molecule has 1 atom stereocenters. The first-order valence-electron chi connectivity index (χ1n) is 5.65. The molecule has 0 bridgehead atoms. The van der Waals surface area contributed by atoms with Gasteiger partial charge in [0.15, 0.2) is 0 Å². The predicted octanol–water partition coefficient (Wildman–Crippen LogP) is 1.04. The normalized spacial score (nSPS) is 13.1. The molecule has 20 heavy (non-hydrogen) atoms. The van der Waals surface area contributed by atoms with Gasteiger partial charge in [0.05, 0.1) is 10.5 Å². The van der Waals surface area contributed by atoms with Gasteiger partial charge in [-0.1, -0.05) is 6.92 Å². The van der Waals surface area contributed by atoms with Crippen LogP contribution < -0.4 is 4.72 Å². The monoisotopic (exact) mass is 431 g/mol. The highest BCUT2D eigenvalue weighted by Gasteiger charge is 2.18. The van der Waals surface area contributed by atoms with Crippen LogP contribution in [0.5, 0.6) is 0 Å². The Morgan fingerprint density at radius 2 is 2.10 bits per heavy atom. The third-order valence-electron chi connectivity index (χ3n) is 2.42. The van der Waals surface area contributed by atoms with E-state index in [1.165, 1.54) is 12.1 Å². The first kappa shape index (κ1) is 17.5. The summed E-state index contributed by atoms with van der Waals surface area (Å²) in [5.74, 6) is -0.487. The maximum absolute atomic E-state index is 12.0. The van der Waals surface area contributed by atoms with Gasteiger partial charge in [0.1, 0.15) is 0 Å². The highest BCUT2D eigenvalue weighted by atomic mass is 127. The summed E-state index contributed by atoms with van der Waals surface area (Å²) >= 11 is 1.83. The summed E-state index contributed by atoms with van der Waals surface area (Å²) in [5, 5.41) is 8.98. The Labute approximate surface area is 133 Å². The molecule has 1 aromatic carbocycles. The van der Waals surface area contributed by atoms with Crippen LogP contribution in [-0.2, 0) is 20.8 Å². The average Bonchev–Trinajstić information content (AvgIpc) is 2.38. The Morgan fingerprint density at radius 3 is 2.65 bits per heavy atom. The molecule has 0 aliphatic rings. The third-order valence-corrected chi connectivity index (χ3v) is 6.13. The Balaban J connectivity index is 2.90. The second-order valence-corrected chi connectivity index (χ2v) is 8.57. The van der Waals surface area contributed by atoms with E-state index in [9.17, 15) is 17.4 Å². The van der Waals surface area contributed by atoms with Gasteiger partial charge in [0, 0.05) is 32.4 Å². The van der Waals surface area contributed by atoms with E-state index in [1.807, 2.05) is 22.6 Å². The number of nitrogens with one attached hydrogen (secondary N) is 1. The lowest BCUT2D eigenvalue weighted by molar-refractivity contribution is 0.0695. The second-order valence-electron chi connectivity index (χ2n) is 3.78. The molecule has 0 spiro atoms. The topological polar surface area (TPSA) is 101 Å². The molecule has 0 radical (unpaired) electrons. The molecule has 0 fully saturated rings. The van der Waals surface area contributed by atoms with Gasteiger partial charge in [-0.3, -0.25) is 4.21 Å². The number of carboxylic acids is 1. The van der Waals surface area contributed by atoms with Crippen molar-refractivity contribution in [2.75, 3.05) is 18.1 Å². The molecule has 0 saturated heterocycles. The summed E-state index contributed by atoms with van der Waals surface area (Å²) in [6.07, 6.45) is 0. The van der Waals surface area contributed by atoms with E-state index >= 15 is 0 Å². The number of hydrogen-bond acceptors (Lipinski definition) is 4. The van der Waals surface area contributed by atoms with Crippen LogP contribution in [0.15, 0.2) is 23.1 Å². The fraction of sp³-hybridized carbons (Fsp3) is 0.364. The molecular weight excluding hydrogens is 417 g/mol. The van der Waals surface area contributed by atoms with Gasteiger partial charge in [-0.25, -0.2) is 17.9 Å². The van der Waals surface area contributed by atoms with Gasteiger partial charge >= 0.3 is 5.97 Å². The summed E-state index contributed by atoms with van der Waals surface area (Å²) in [5.41, 5.74) is -0.0643. The van der Waals surface area contributed by atoms with Crippen molar-refractivity contribution in [1.29, 1.82) is 0 Å². The average molecular weight is 431 g/mol. The van der Waals surface area contributed by atoms with Crippen LogP contribution in [0.3, 0.4) is 0 Å². The second kappa shape index (κ2) is 7.48. The number of hydrogen-bond donors (Lipinski definition) is 2. The molecule has 0 heterocycles. The fourth-order valence-corrected chi connectivity index (χ4v) is 3.72. The molecule has 112 valence electrons. The molecule has 0 aliphatic carbocycles. The molecule has 0 amide bonds. The Hall–Kier alpha value is -0.520.